The van der Waals surface area contributed by atoms with Gasteiger partial charge in [0.15, 0.2) is 5.78 Å². The molecule has 1 aliphatic rings. The van der Waals surface area contributed by atoms with Crippen LogP contribution in [0.1, 0.15) is 41.3 Å². The summed E-state index contributed by atoms with van der Waals surface area (Å²) in [7, 11) is 0. The number of anilines is 1. The molecular formula is C23H27ClN2O2. The molecule has 1 heterocycles. The first-order valence-corrected chi connectivity index (χ1v) is 10.1. The lowest BCUT2D eigenvalue weighted by Gasteiger charge is -2.34. The van der Waals surface area contributed by atoms with Gasteiger partial charge in [0.05, 0.1) is 6.04 Å². The fourth-order valence-electron chi connectivity index (χ4n) is 3.63. The molecule has 4 nitrogen and oxygen atoms in total. The van der Waals surface area contributed by atoms with Gasteiger partial charge in [0.1, 0.15) is 0 Å². The molecule has 1 N–H and O–H groups in total. The summed E-state index contributed by atoms with van der Waals surface area (Å²) in [6.07, 6.45) is 1.56. The van der Waals surface area contributed by atoms with Crippen LogP contribution in [0, 0.1) is 19.8 Å². The van der Waals surface area contributed by atoms with Crippen molar-refractivity contribution in [3.05, 3.63) is 64.2 Å². The topological polar surface area (TPSA) is 49.4 Å². The van der Waals surface area contributed by atoms with Crippen molar-refractivity contribution < 1.29 is 9.59 Å². The van der Waals surface area contributed by atoms with E-state index >= 15 is 0 Å². The monoisotopic (exact) mass is 398 g/mol. The zero-order chi connectivity index (χ0) is 20.3. The van der Waals surface area contributed by atoms with Crippen LogP contribution in [0.15, 0.2) is 42.5 Å². The number of aryl methyl sites for hydroxylation is 2. The van der Waals surface area contributed by atoms with Crippen molar-refractivity contribution in [3.63, 3.8) is 0 Å². The number of carbonyl (C=O) groups is 2. The van der Waals surface area contributed by atoms with Crippen LogP contribution in [-0.2, 0) is 4.79 Å². The van der Waals surface area contributed by atoms with Crippen LogP contribution >= 0.6 is 11.6 Å². The predicted octanol–water partition coefficient (Wildman–Crippen LogP) is 4.88. The molecule has 2 aromatic rings. The first-order chi connectivity index (χ1) is 13.3. The molecule has 1 fully saturated rings. The molecule has 0 aromatic heterocycles. The van der Waals surface area contributed by atoms with Crippen LogP contribution in [0.3, 0.4) is 0 Å². The first-order valence-electron chi connectivity index (χ1n) is 9.77. The highest BCUT2D eigenvalue weighted by Gasteiger charge is 2.30. The van der Waals surface area contributed by atoms with Crippen molar-refractivity contribution in [3.8, 4) is 0 Å². The van der Waals surface area contributed by atoms with Gasteiger partial charge in [-0.15, -0.1) is 0 Å². The Bertz CT molecular complexity index is 855. The van der Waals surface area contributed by atoms with Gasteiger partial charge in [-0.25, -0.2) is 0 Å². The molecule has 0 aliphatic carbocycles. The van der Waals surface area contributed by atoms with Gasteiger partial charge < -0.3 is 5.32 Å². The Labute approximate surface area is 171 Å². The smallest absolute Gasteiger partial charge is 0.241 e. The van der Waals surface area contributed by atoms with E-state index in [0.717, 1.165) is 48.3 Å². The SMILES string of the molecule is Cc1ccc(C(=O)C2CCN(C(C)C(=O)Nc3cc(Cl)ccc3C)CC2)cc1. The number of halogens is 1. The fourth-order valence-corrected chi connectivity index (χ4v) is 3.81. The Morgan fingerprint density at radius 1 is 1.07 bits per heavy atom. The van der Waals surface area contributed by atoms with Gasteiger partial charge in [-0.2, -0.15) is 0 Å². The lowest BCUT2D eigenvalue weighted by Crippen LogP contribution is -2.47. The Hall–Kier alpha value is -2.17. The van der Waals surface area contributed by atoms with Crippen LogP contribution in [0.5, 0.6) is 0 Å². The highest BCUT2D eigenvalue weighted by Crippen LogP contribution is 2.25. The number of Topliss-reactive ketones (excluding diaryl/α,β-unsaturated/α-hetero) is 1. The highest BCUT2D eigenvalue weighted by atomic mass is 35.5. The summed E-state index contributed by atoms with van der Waals surface area (Å²) in [6, 6.07) is 13.0. The molecule has 0 radical (unpaired) electrons. The molecule has 0 spiro atoms. The second-order valence-electron chi connectivity index (χ2n) is 7.66. The number of piperidine rings is 1. The van der Waals surface area contributed by atoms with E-state index in [4.69, 9.17) is 11.6 Å². The van der Waals surface area contributed by atoms with Gasteiger partial charge in [0.2, 0.25) is 5.91 Å². The van der Waals surface area contributed by atoms with Crippen LogP contribution in [-0.4, -0.2) is 35.7 Å². The summed E-state index contributed by atoms with van der Waals surface area (Å²) in [5.74, 6) is 0.198. The highest BCUT2D eigenvalue weighted by molar-refractivity contribution is 6.31. The summed E-state index contributed by atoms with van der Waals surface area (Å²) in [4.78, 5) is 27.5. The molecule has 28 heavy (non-hydrogen) atoms. The molecule has 1 atom stereocenters. The molecule has 1 amide bonds. The van der Waals surface area contributed by atoms with Crippen LogP contribution in [0.25, 0.3) is 0 Å². The van der Waals surface area contributed by atoms with E-state index < -0.39 is 0 Å². The zero-order valence-corrected chi connectivity index (χ0v) is 17.4. The van der Waals surface area contributed by atoms with Gasteiger partial charge in [-0.3, -0.25) is 14.5 Å². The lowest BCUT2D eigenvalue weighted by atomic mass is 9.88. The van der Waals surface area contributed by atoms with Gasteiger partial charge in [-0.1, -0.05) is 47.5 Å². The molecule has 148 valence electrons. The second kappa shape index (κ2) is 8.89. The van der Waals surface area contributed by atoms with Crippen molar-refractivity contribution in [1.82, 2.24) is 4.90 Å². The minimum absolute atomic E-state index is 0.0318. The van der Waals surface area contributed by atoms with E-state index in [-0.39, 0.29) is 23.7 Å². The van der Waals surface area contributed by atoms with E-state index in [0.29, 0.717) is 5.02 Å². The number of hydrogen-bond acceptors (Lipinski definition) is 3. The summed E-state index contributed by atoms with van der Waals surface area (Å²) in [5, 5.41) is 3.58. The number of nitrogens with zero attached hydrogens (tertiary/aromatic N) is 1. The third-order valence-electron chi connectivity index (χ3n) is 5.62. The van der Waals surface area contributed by atoms with E-state index in [9.17, 15) is 9.59 Å². The third-order valence-corrected chi connectivity index (χ3v) is 5.86. The minimum Gasteiger partial charge on any atom is -0.324 e. The van der Waals surface area contributed by atoms with E-state index in [1.807, 2.05) is 57.2 Å². The summed E-state index contributed by atoms with van der Waals surface area (Å²) in [5.41, 5.74) is 3.66. The second-order valence-corrected chi connectivity index (χ2v) is 8.10. The summed E-state index contributed by atoms with van der Waals surface area (Å²) >= 11 is 6.04. The quantitative estimate of drug-likeness (QED) is 0.730. The number of nitrogens with one attached hydrogen (secondary N) is 1. The maximum absolute atomic E-state index is 12.7. The zero-order valence-electron chi connectivity index (χ0n) is 16.7. The number of carbonyl (C=O) groups excluding carboxylic acids is 2. The number of likely N-dealkylation sites (tertiary alicyclic amines) is 1. The Balaban J connectivity index is 1.56. The molecule has 5 heteroatoms. The first kappa shape index (κ1) is 20.6. The standard InChI is InChI=1S/C23H27ClN2O2/c1-15-4-7-18(8-5-15)22(27)19-10-12-26(13-11-19)17(3)23(28)25-21-14-20(24)9-6-16(21)2/h4-9,14,17,19H,10-13H2,1-3H3,(H,25,28). The van der Waals surface area contributed by atoms with Crippen LogP contribution in [0.4, 0.5) is 5.69 Å². The number of rotatable bonds is 5. The Morgan fingerprint density at radius 3 is 2.36 bits per heavy atom. The third kappa shape index (κ3) is 4.81. The van der Waals surface area contributed by atoms with E-state index in [1.165, 1.54) is 0 Å². The average molecular weight is 399 g/mol. The normalized spacial score (nSPS) is 16.6. The molecule has 0 saturated carbocycles. The van der Waals surface area contributed by atoms with Crippen LogP contribution in [0.2, 0.25) is 5.02 Å². The Kier molecular flexibility index (Phi) is 6.53. The molecule has 1 unspecified atom stereocenters. The van der Waals surface area contributed by atoms with Gasteiger partial charge in [0, 0.05) is 22.2 Å². The molecule has 2 aromatic carbocycles. The minimum atomic E-state index is -0.256. The van der Waals surface area contributed by atoms with Crippen molar-refractivity contribution in [1.29, 1.82) is 0 Å². The van der Waals surface area contributed by atoms with Crippen molar-refractivity contribution in [2.24, 2.45) is 5.92 Å². The Morgan fingerprint density at radius 2 is 1.71 bits per heavy atom. The van der Waals surface area contributed by atoms with Gasteiger partial charge >= 0.3 is 0 Å². The number of hydrogen-bond donors (Lipinski definition) is 1. The number of benzene rings is 2. The summed E-state index contributed by atoms with van der Waals surface area (Å²) < 4.78 is 0. The average Bonchev–Trinajstić information content (AvgIpc) is 2.70. The van der Waals surface area contributed by atoms with Gasteiger partial charge in [-0.05, 0) is 64.4 Å². The number of amides is 1. The predicted molar refractivity (Wildman–Crippen MR) is 114 cm³/mol. The van der Waals surface area contributed by atoms with Gasteiger partial charge in [0.25, 0.3) is 0 Å². The largest absolute Gasteiger partial charge is 0.324 e. The van der Waals surface area contributed by atoms with Crippen molar-refractivity contribution >= 4 is 29.0 Å². The fraction of sp³-hybridized carbons (Fsp3) is 0.391. The molecule has 1 saturated heterocycles. The van der Waals surface area contributed by atoms with Crippen LogP contribution < -0.4 is 5.32 Å². The maximum atomic E-state index is 12.7. The molecular weight excluding hydrogens is 372 g/mol. The molecule has 0 bridgehead atoms. The van der Waals surface area contributed by atoms with Crippen molar-refractivity contribution in [2.75, 3.05) is 18.4 Å². The summed E-state index contributed by atoms with van der Waals surface area (Å²) in [6.45, 7) is 7.36. The van der Waals surface area contributed by atoms with Crippen molar-refractivity contribution in [2.45, 2.75) is 39.7 Å². The lowest BCUT2D eigenvalue weighted by molar-refractivity contribution is -0.121. The number of ketones is 1. The van der Waals surface area contributed by atoms with E-state index in [2.05, 4.69) is 10.2 Å². The maximum Gasteiger partial charge on any atom is 0.241 e. The molecule has 1 aliphatic heterocycles. The molecule has 3 rings (SSSR count). The van der Waals surface area contributed by atoms with E-state index in [1.54, 1.807) is 6.07 Å².